The summed E-state index contributed by atoms with van der Waals surface area (Å²) < 4.78 is 113. The summed E-state index contributed by atoms with van der Waals surface area (Å²) >= 11 is 0. The molecule has 0 amide bonds. The number of nitrogens with zero attached hydrogens (tertiary/aromatic N) is 3. The Kier molecular flexibility index (Phi) is 36.5. The molecule has 272 valence electrons. The second-order valence-corrected chi connectivity index (χ2v) is 14.3. The number of alkyl halides is 9. The SMILES string of the molecule is CCCC[N-]CCCC.CCCC[N-]CCCC.CCCC[N-]CCCC.FC(F)(F)[Si]([c-]1cccc1)(C(F)(F)F)C(F)(F)F.[Zr+4]. The molecule has 1 aromatic rings. The van der Waals surface area contributed by atoms with Gasteiger partial charge in [-0.1, -0.05) is 119 Å². The molecule has 0 atom stereocenters. The molecule has 46 heavy (non-hydrogen) atoms. The van der Waals surface area contributed by atoms with E-state index in [0.29, 0.717) is 12.1 Å². The maximum atomic E-state index is 12.6. The zero-order chi connectivity index (χ0) is 35.3. The van der Waals surface area contributed by atoms with Gasteiger partial charge in [-0.15, -0.1) is 44.5 Å². The van der Waals surface area contributed by atoms with Crippen molar-refractivity contribution in [3.8, 4) is 0 Å². The van der Waals surface area contributed by atoms with Crippen molar-refractivity contribution < 1.29 is 65.7 Å². The number of unbranched alkanes of at least 4 members (excludes halogenated alkanes) is 6. The Bertz CT molecular complexity index is 643. The smallest absolute Gasteiger partial charge is 0.662 e. The maximum Gasteiger partial charge on any atom is 4.00 e. The molecule has 1 rings (SSSR count). The minimum atomic E-state index is -7.72. The van der Waals surface area contributed by atoms with Gasteiger partial charge in [0.25, 0.3) is 0 Å². The molecule has 0 bridgehead atoms. The second-order valence-electron chi connectivity index (χ2n) is 10.6. The number of rotatable bonds is 19. The van der Waals surface area contributed by atoms with Gasteiger partial charge in [0.1, 0.15) is 0 Å². The Morgan fingerprint density at radius 1 is 0.435 bits per heavy atom. The van der Waals surface area contributed by atoms with Gasteiger partial charge in [0.15, 0.2) is 0 Å². The van der Waals surface area contributed by atoms with Crippen molar-refractivity contribution >= 4 is 13.3 Å². The fourth-order valence-corrected chi connectivity index (χ4v) is 6.19. The first-order valence-corrected chi connectivity index (χ1v) is 18.4. The third-order valence-corrected chi connectivity index (χ3v) is 10.1. The predicted octanol–water partition coefficient (Wildman–Crippen LogP) is 12.2. The Hall–Kier alpha value is -0.300. The monoisotopic (exact) mass is 773 g/mol. The molecule has 0 saturated carbocycles. The van der Waals surface area contributed by atoms with E-state index in [0.717, 1.165) is 39.3 Å². The maximum absolute atomic E-state index is 12.6. The third-order valence-electron chi connectivity index (χ3n) is 6.39. The Balaban J connectivity index is -0.000000271. The average Bonchev–Trinajstić information content (AvgIpc) is 3.46. The van der Waals surface area contributed by atoms with Crippen molar-refractivity contribution in [1.82, 2.24) is 0 Å². The van der Waals surface area contributed by atoms with Crippen LogP contribution in [-0.4, -0.2) is 64.7 Å². The topological polar surface area (TPSA) is 42.3 Å². The molecule has 14 heteroatoms. The van der Waals surface area contributed by atoms with E-state index in [-0.39, 0.29) is 38.3 Å². The van der Waals surface area contributed by atoms with Crippen LogP contribution in [0, 0.1) is 0 Å². The molecule has 0 N–H and O–H groups in total. The van der Waals surface area contributed by atoms with E-state index in [4.69, 9.17) is 0 Å². The first-order valence-electron chi connectivity index (χ1n) is 16.4. The third kappa shape index (κ3) is 23.9. The molecule has 3 nitrogen and oxygen atoms in total. The van der Waals surface area contributed by atoms with Crippen LogP contribution >= 0.6 is 0 Å². The standard InChI is InChI=1S/C8H4F9Si.3C8H18N.Zr/c9-6(10,11)18(7(12,13)14,8(15,16)17)5-3-1-2-4-5;3*1-3-5-7-9-8-6-4-2;/h1-4H;3*3-8H2,1-2H3;/q4*-1;+4. The molecule has 0 saturated heterocycles. The summed E-state index contributed by atoms with van der Waals surface area (Å²) in [5, 5.41) is 11.3. The molecule has 0 unspecified atom stereocenters. The first-order chi connectivity index (χ1) is 21.1. The van der Waals surface area contributed by atoms with Gasteiger partial charge in [0.05, 0.1) is 0 Å². The van der Waals surface area contributed by atoms with Crippen LogP contribution in [0.15, 0.2) is 24.3 Å². The molecule has 0 spiro atoms. The van der Waals surface area contributed by atoms with Crippen LogP contribution in [0.5, 0.6) is 0 Å². The minimum Gasteiger partial charge on any atom is -0.662 e. The molecular formula is C32H58F9N3SiZr. The van der Waals surface area contributed by atoms with Crippen LogP contribution < -0.4 is 5.19 Å². The zero-order valence-corrected chi connectivity index (χ0v) is 32.2. The Labute approximate surface area is 293 Å². The molecular weight excluding hydrogens is 717 g/mol. The summed E-state index contributed by atoms with van der Waals surface area (Å²) in [4.78, 5) is 0. The van der Waals surface area contributed by atoms with Gasteiger partial charge < -0.3 is 16.0 Å². The normalized spacial score (nSPS) is 11.7. The van der Waals surface area contributed by atoms with Crippen LogP contribution in [0.4, 0.5) is 39.5 Å². The fraction of sp³-hybridized carbons (Fsp3) is 0.844. The summed E-state index contributed by atoms with van der Waals surface area (Å²) in [5.74, 6) is -19.2. The molecule has 0 fully saturated rings. The van der Waals surface area contributed by atoms with Crippen molar-refractivity contribution in [3.05, 3.63) is 40.2 Å². The fourth-order valence-electron chi connectivity index (χ4n) is 3.55. The second kappa shape index (κ2) is 31.9. The van der Waals surface area contributed by atoms with Crippen molar-refractivity contribution in [2.75, 3.05) is 39.3 Å². The van der Waals surface area contributed by atoms with Gasteiger partial charge in [-0.05, 0) is 0 Å². The van der Waals surface area contributed by atoms with E-state index < -0.39 is 30.7 Å². The summed E-state index contributed by atoms with van der Waals surface area (Å²) in [7, 11) is -7.72. The summed E-state index contributed by atoms with van der Waals surface area (Å²) in [6, 6.07) is 1.84. The molecule has 0 aromatic heterocycles. The van der Waals surface area contributed by atoms with Gasteiger partial charge in [-0.25, -0.2) is 12.1 Å². The number of halogens is 9. The summed E-state index contributed by atoms with van der Waals surface area (Å²) in [6.07, 6.45) is 15.2. The van der Waals surface area contributed by atoms with E-state index in [9.17, 15) is 39.5 Å². The van der Waals surface area contributed by atoms with E-state index in [2.05, 4.69) is 57.5 Å². The Morgan fingerprint density at radius 2 is 0.630 bits per heavy atom. The van der Waals surface area contributed by atoms with Gasteiger partial charge in [-0.3, -0.25) is 0 Å². The van der Waals surface area contributed by atoms with Crippen LogP contribution in [0.1, 0.15) is 119 Å². The molecule has 0 aliphatic rings. The van der Waals surface area contributed by atoms with Gasteiger partial charge in [-0.2, -0.15) is 51.6 Å². The van der Waals surface area contributed by atoms with Crippen molar-refractivity contribution in [2.24, 2.45) is 0 Å². The average molecular weight is 775 g/mol. The molecule has 0 radical (unpaired) electrons. The van der Waals surface area contributed by atoms with E-state index in [1.807, 2.05) is 0 Å². The van der Waals surface area contributed by atoms with Crippen molar-refractivity contribution in [1.29, 1.82) is 0 Å². The number of hydrogen-bond donors (Lipinski definition) is 0. The predicted molar refractivity (Wildman–Crippen MR) is 174 cm³/mol. The largest absolute Gasteiger partial charge is 4.00 e. The van der Waals surface area contributed by atoms with Crippen molar-refractivity contribution in [3.63, 3.8) is 0 Å². The van der Waals surface area contributed by atoms with Gasteiger partial charge in [0.2, 0.25) is 0 Å². The van der Waals surface area contributed by atoms with Crippen LogP contribution in [-0.2, 0) is 26.2 Å². The van der Waals surface area contributed by atoms with Crippen LogP contribution in [0.25, 0.3) is 16.0 Å². The molecule has 0 heterocycles. The molecule has 0 aliphatic carbocycles. The summed E-state index contributed by atoms with van der Waals surface area (Å²) in [6.45, 7) is 19.7. The van der Waals surface area contributed by atoms with E-state index >= 15 is 0 Å². The van der Waals surface area contributed by atoms with Gasteiger partial charge in [0, 0.05) is 0 Å². The van der Waals surface area contributed by atoms with Gasteiger partial charge >= 0.3 is 51.7 Å². The Morgan fingerprint density at radius 3 is 0.783 bits per heavy atom. The quantitative estimate of drug-likeness (QED) is 0.0581. The van der Waals surface area contributed by atoms with E-state index in [1.54, 1.807) is 0 Å². The zero-order valence-electron chi connectivity index (χ0n) is 28.8. The summed E-state index contributed by atoms with van der Waals surface area (Å²) in [5.41, 5.74) is 0. The molecule has 0 aliphatic heterocycles. The van der Waals surface area contributed by atoms with Crippen LogP contribution in [0.3, 0.4) is 0 Å². The first kappa shape index (κ1) is 52.5. The molecule has 1 aromatic carbocycles. The van der Waals surface area contributed by atoms with Crippen LogP contribution in [0.2, 0.25) is 0 Å². The minimum absolute atomic E-state index is 0. The van der Waals surface area contributed by atoms with E-state index in [1.165, 1.54) is 77.0 Å². The number of hydrogen-bond acceptors (Lipinski definition) is 0. The van der Waals surface area contributed by atoms with Crippen molar-refractivity contribution in [2.45, 2.75) is 136 Å².